The molecule has 0 bridgehead atoms. The quantitative estimate of drug-likeness (QED) is 0.156. The van der Waals surface area contributed by atoms with Crippen molar-refractivity contribution in [3.8, 4) is 22.5 Å². The van der Waals surface area contributed by atoms with Gasteiger partial charge in [0.25, 0.3) is 13.9 Å². The third-order valence-corrected chi connectivity index (χ3v) is 13.6. The van der Waals surface area contributed by atoms with Crippen molar-refractivity contribution in [2.24, 2.45) is 0 Å². The zero-order valence-corrected chi connectivity index (χ0v) is 28.1. The molecule has 0 aliphatic rings. The summed E-state index contributed by atoms with van der Waals surface area (Å²) in [6.07, 6.45) is 0.287. The number of hydrogen-bond acceptors (Lipinski definition) is 5. The first kappa shape index (κ1) is 33.0. The molecule has 0 N–H and O–H groups in total. The molecule has 6 rings (SSSR count). The van der Waals surface area contributed by atoms with Gasteiger partial charge in [-0.15, -0.1) is 0 Å². The molecule has 48 heavy (non-hydrogen) atoms. The molecule has 0 aliphatic carbocycles. The summed E-state index contributed by atoms with van der Waals surface area (Å²) in [4.78, 5) is 27.9. The molecule has 6 aromatic rings. The summed E-state index contributed by atoms with van der Waals surface area (Å²) >= 11 is 0. The Balaban J connectivity index is 1.44. The van der Waals surface area contributed by atoms with Gasteiger partial charge in [-0.2, -0.15) is 13.2 Å². The van der Waals surface area contributed by atoms with Crippen molar-refractivity contribution in [2.75, 3.05) is 6.61 Å². The predicted molar refractivity (Wildman–Crippen MR) is 186 cm³/mol. The smallest absolute Gasteiger partial charge is 0.405 e. The zero-order valence-electron chi connectivity index (χ0n) is 27.1. The van der Waals surface area contributed by atoms with Crippen LogP contribution in [0.4, 0.5) is 13.2 Å². The molecule has 0 amide bonds. The van der Waals surface area contributed by atoms with Gasteiger partial charge >= 0.3 is 6.18 Å². The maximum absolute atomic E-state index is 14.3. The minimum Gasteiger partial charge on any atom is -0.405 e. The van der Waals surface area contributed by atoms with E-state index in [4.69, 9.17) is 14.4 Å². The third kappa shape index (κ3) is 6.21. The van der Waals surface area contributed by atoms with E-state index >= 15 is 0 Å². The molecular formula is C38H35F3N4O2Si. The second kappa shape index (κ2) is 12.9. The number of halogens is 3. The van der Waals surface area contributed by atoms with Crippen LogP contribution in [0.1, 0.15) is 39.3 Å². The average molecular weight is 665 g/mol. The maximum atomic E-state index is 14.3. The SMILES string of the molecule is CC(CO[Si](c1ccccc1)(c1ccccc1)C(C)(C)C)n1cnc2c(-c3cccnc3)nc(-c3ccc(C(F)(F)F)cc3)cc2c1=O. The molecular weight excluding hydrogens is 630 g/mol. The standard InChI is InChI=1S/C38H35F3N4O2Si/c1-26(24-47-48(37(2,3)4,30-13-7-5-8-14-30)31-15-9-6-10-16-31)45-25-43-35-32(36(45)46)22-33(44-34(35)28-12-11-21-42-23-28)27-17-19-29(20-18-27)38(39,40)41/h5-23,25-26H,24H2,1-4H3. The molecule has 6 nitrogen and oxygen atoms in total. The first-order valence-corrected chi connectivity index (χ1v) is 17.6. The molecule has 0 aliphatic heterocycles. The highest BCUT2D eigenvalue weighted by atomic mass is 28.4. The van der Waals surface area contributed by atoms with Crippen LogP contribution in [0.5, 0.6) is 0 Å². The molecule has 0 fully saturated rings. The monoisotopic (exact) mass is 664 g/mol. The molecule has 1 unspecified atom stereocenters. The van der Waals surface area contributed by atoms with Gasteiger partial charge in [-0.25, -0.2) is 9.97 Å². The molecule has 0 saturated carbocycles. The minimum absolute atomic E-state index is 0.243. The van der Waals surface area contributed by atoms with E-state index in [9.17, 15) is 18.0 Å². The van der Waals surface area contributed by atoms with Gasteiger partial charge in [0, 0.05) is 23.5 Å². The predicted octanol–water partition coefficient (Wildman–Crippen LogP) is 7.68. The lowest BCUT2D eigenvalue weighted by Gasteiger charge is -2.43. The fraction of sp³-hybridized carbons (Fsp3) is 0.211. The maximum Gasteiger partial charge on any atom is 0.416 e. The Morgan fingerprint density at radius 1 is 0.833 bits per heavy atom. The van der Waals surface area contributed by atoms with Crippen LogP contribution in [0.3, 0.4) is 0 Å². The Hall–Kier alpha value is -4.93. The van der Waals surface area contributed by atoms with Crippen LogP contribution >= 0.6 is 0 Å². The summed E-state index contributed by atoms with van der Waals surface area (Å²) in [7, 11) is -2.87. The highest BCUT2D eigenvalue weighted by Gasteiger charge is 2.50. The van der Waals surface area contributed by atoms with Crippen LogP contribution in [0.15, 0.2) is 127 Å². The number of pyridine rings is 2. The van der Waals surface area contributed by atoms with Crippen LogP contribution in [-0.4, -0.2) is 34.4 Å². The Morgan fingerprint density at radius 3 is 2.00 bits per heavy atom. The lowest BCUT2D eigenvalue weighted by Crippen LogP contribution is -2.66. The highest BCUT2D eigenvalue weighted by molar-refractivity contribution is 6.99. The Morgan fingerprint density at radius 2 is 1.46 bits per heavy atom. The summed E-state index contributed by atoms with van der Waals surface area (Å²) < 4.78 is 48.6. The summed E-state index contributed by atoms with van der Waals surface area (Å²) in [5.41, 5.74) is 1.13. The number of rotatable bonds is 8. The lowest BCUT2D eigenvalue weighted by atomic mass is 10.0. The lowest BCUT2D eigenvalue weighted by molar-refractivity contribution is -0.137. The van der Waals surface area contributed by atoms with E-state index in [1.807, 2.05) is 43.3 Å². The van der Waals surface area contributed by atoms with Gasteiger partial charge in [0.15, 0.2) is 0 Å². The molecule has 3 heterocycles. The number of nitrogens with zero attached hydrogens (tertiary/aromatic N) is 4. The van der Waals surface area contributed by atoms with Crippen molar-refractivity contribution >= 4 is 29.6 Å². The van der Waals surface area contributed by atoms with Crippen LogP contribution in [0.25, 0.3) is 33.4 Å². The van der Waals surface area contributed by atoms with E-state index in [2.05, 4.69) is 50.0 Å². The molecule has 1 atom stereocenters. The van der Waals surface area contributed by atoms with Crippen LogP contribution in [0, 0.1) is 0 Å². The summed E-state index contributed by atoms with van der Waals surface area (Å²) in [5.74, 6) is 0. The van der Waals surface area contributed by atoms with Crippen molar-refractivity contribution in [3.05, 3.63) is 138 Å². The van der Waals surface area contributed by atoms with E-state index in [1.165, 1.54) is 18.5 Å². The normalized spacial score (nSPS) is 13.1. The van der Waals surface area contributed by atoms with E-state index < -0.39 is 26.1 Å². The number of alkyl halides is 3. The average Bonchev–Trinajstić information content (AvgIpc) is 3.09. The van der Waals surface area contributed by atoms with Gasteiger partial charge in [-0.05, 0) is 52.7 Å². The van der Waals surface area contributed by atoms with Crippen molar-refractivity contribution in [1.29, 1.82) is 0 Å². The summed E-state index contributed by atoms with van der Waals surface area (Å²) in [5, 5.41) is 2.31. The van der Waals surface area contributed by atoms with Gasteiger partial charge in [-0.3, -0.25) is 14.3 Å². The van der Waals surface area contributed by atoms with Crippen molar-refractivity contribution in [1.82, 2.24) is 19.5 Å². The van der Waals surface area contributed by atoms with Gasteiger partial charge in [0.2, 0.25) is 0 Å². The molecule has 3 aromatic heterocycles. The first-order valence-electron chi connectivity index (χ1n) is 15.6. The Kier molecular flexibility index (Phi) is 8.89. The largest absolute Gasteiger partial charge is 0.416 e. The third-order valence-electron chi connectivity index (χ3n) is 8.64. The van der Waals surface area contributed by atoms with Crippen LogP contribution in [-0.2, 0) is 10.6 Å². The van der Waals surface area contributed by atoms with Gasteiger partial charge in [0.05, 0.1) is 41.3 Å². The second-order valence-electron chi connectivity index (χ2n) is 12.8. The van der Waals surface area contributed by atoms with Crippen LogP contribution in [0.2, 0.25) is 5.04 Å². The van der Waals surface area contributed by atoms with Gasteiger partial charge in [-0.1, -0.05) is 93.6 Å². The molecule has 244 valence electrons. The van der Waals surface area contributed by atoms with Gasteiger partial charge in [0.1, 0.15) is 5.52 Å². The van der Waals surface area contributed by atoms with Crippen LogP contribution < -0.4 is 15.9 Å². The summed E-state index contributed by atoms with van der Waals surface area (Å²) in [6, 6.07) is 30.1. The second-order valence-corrected chi connectivity index (χ2v) is 17.2. The zero-order chi connectivity index (χ0) is 34.1. The van der Waals surface area contributed by atoms with E-state index in [-0.39, 0.29) is 17.2 Å². The molecule has 10 heteroatoms. The topological polar surface area (TPSA) is 69.9 Å². The first-order chi connectivity index (χ1) is 22.9. The van der Waals surface area contributed by atoms with Gasteiger partial charge < -0.3 is 4.43 Å². The molecule has 3 aromatic carbocycles. The van der Waals surface area contributed by atoms with E-state index in [0.29, 0.717) is 33.4 Å². The van der Waals surface area contributed by atoms with Crippen molar-refractivity contribution < 1.29 is 17.6 Å². The molecule has 0 radical (unpaired) electrons. The number of aromatic nitrogens is 4. The minimum atomic E-state index is -4.47. The highest BCUT2D eigenvalue weighted by Crippen LogP contribution is 2.37. The Bertz CT molecular complexity index is 2040. The van der Waals surface area contributed by atoms with E-state index in [0.717, 1.165) is 22.5 Å². The fourth-order valence-corrected chi connectivity index (χ4v) is 10.9. The number of fused-ring (bicyclic) bond motifs is 1. The van der Waals surface area contributed by atoms with Crippen molar-refractivity contribution in [2.45, 2.75) is 45.0 Å². The van der Waals surface area contributed by atoms with Crippen molar-refractivity contribution in [3.63, 3.8) is 0 Å². The molecule has 0 saturated heterocycles. The number of hydrogen-bond donors (Lipinski definition) is 0. The molecule has 0 spiro atoms. The fourth-order valence-electron chi connectivity index (χ4n) is 6.23. The van der Waals surface area contributed by atoms with E-state index in [1.54, 1.807) is 35.2 Å². The number of benzene rings is 3. The summed E-state index contributed by atoms with van der Waals surface area (Å²) in [6.45, 7) is 8.76. The Labute approximate surface area is 278 Å².